The largest absolute Gasteiger partial charge is 0.450 e. The second-order valence-corrected chi connectivity index (χ2v) is 8.48. The fourth-order valence-corrected chi connectivity index (χ4v) is 4.34. The molecule has 3 aromatic rings. The minimum absolute atomic E-state index is 0.0638. The predicted molar refractivity (Wildman–Crippen MR) is 122 cm³/mol. The highest BCUT2D eigenvalue weighted by molar-refractivity contribution is 6.23. The van der Waals surface area contributed by atoms with Crippen molar-refractivity contribution in [2.75, 3.05) is 0 Å². The third-order valence-electron chi connectivity index (χ3n) is 6.21. The molecule has 1 aliphatic heterocycles. The Bertz CT molecular complexity index is 1050. The Morgan fingerprint density at radius 1 is 0.844 bits per heavy atom. The minimum Gasteiger partial charge on any atom is -0.450 e. The van der Waals surface area contributed by atoms with Crippen LogP contribution in [-0.4, -0.2) is 23.1 Å². The number of carbonyl (C=O) groups excluding carboxylic acids is 3. The quantitative estimate of drug-likeness (QED) is 0.379. The molecule has 162 valence electrons. The molecule has 4 heteroatoms. The summed E-state index contributed by atoms with van der Waals surface area (Å²) in [6.45, 7) is 1.62. The molecule has 0 aliphatic carbocycles. The summed E-state index contributed by atoms with van der Waals surface area (Å²) in [6.07, 6.45) is 1.01. The number of Topliss-reactive ketones (excluding diaryl/α,β-unsaturated/α-hetero) is 2. The smallest absolute Gasteiger partial charge is 0.325 e. The van der Waals surface area contributed by atoms with E-state index >= 15 is 0 Å². The Morgan fingerprint density at radius 2 is 1.34 bits per heavy atom. The van der Waals surface area contributed by atoms with E-state index in [-0.39, 0.29) is 18.1 Å². The predicted octanol–water partition coefficient (Wildman–Crippen LogP) is 4.91. The molecule has 0 bridgehead atoms. The van der Waals surface area contributed by atoms with Gasteiger partial charge in [0.25, 0.3) is 0 Å². The van der Waals surface area contributed by atoms with Crippen LogP contribution < -0.4 is 0 Å². The second kappa shape index (κ2) is 9.31. The van der Waals surface area contributed by atoms with Gasteiger partial charge in [-0.1, -0.05) is 91.0 Å². The van der Waals surface area contributed by atoms with E-state index in [2.05, 4.69) is 0 Å². The lowest BCUT2D eigenvalue weighted by molar-refractivity contribution is -0.152. The number of carbonyl (C=O) groups is 3. The number of ether oxygens (including phenoxy) is 1. The van der Waals surface area contributed by atoms with Gasteiger partial charge in [0.2, 0.25) is 0 Å². The molecule has 2 unspecified atom stereocenters. The Morgan fingerprint density at radius 3 is 1.88 bits per heavy atom. The first kappa shape index (κ1) is 21.7. The first-order valence-corrected chi connectivity index (χ1v) is 10.9. The number of hydrogen-bond donors (Lipinski definition) is 0. The molecule has 0 radical (unpaired) electrons. The zero-order valence-electron chi connectivity index (χ0n) is 18.1. The first-order valence-electron chi connectivity index (χ1n) is 10.9. The van der Waals surface area contributed by atoms with Crippen LogP contribution >= 0.6 is 0 Å². The average Bonchev–Trinajstić information content (AvgIpc) is 3.06. The Kier molecular flexibility index (Phi) is 6.31. The maximum absolute atomic E-state index is 13.3. The van der Waals surface area contributed by atoms with Gasteiger partial charge < -0.3 is 4.74 Å². The van der Waals surface area contributed by atoms with E-state index in [1.165, 1.54) is 0 Å². The Hall–Kier alpha value is -3.53. The van der Waals surface area contributed by atoms with E-state index in [0.717, 1.165) is 16.7 Å². The lowest BCUT2D eigenvalue weighted by Crippen LogP contribution is -2.37. The molecule has 0 aromatic heterocycles. The van der Waals surface area contributed by atoms with Crippen LogP contribution in [-0.2, 0) is 25.5 Å². The third kappa shape index (κ3) is 4.54. The molecule has 1 saturated heterocycles. The lowest BCUT2D eigenvalue weighted by atomic mass is 9.81. The van der Waals surface area contributed by atoms with Crippen molar-refractivity contribution in [1.82, 2.24) is 0 Å². The molecular weight excluding hydrogens is 400 g/mol. The highest BCUT2D eigenvalue weighted by atomic mass is 16.6. The van der Waals surface area contributed by atoms with Gasteiger partial charge >= 0.3 is 5.97 Å². The highest BCUT2D eigenvalue weighted by Crippen LogP contribution is 2.35. The van der Waals surface area contributed by atoms with Gasteiger partial charge in [0.05, 0.1) is 0 Å². The van der Waals surface area contributed by atoms with Gasteiger partial charge in [0.1, 0.15) is 0 Å². The molecule has 1 fully saturated rings. The number of benzene rings is 3. The number of ketones is 2. The van der Waals surface area contributed by atoms with Gasteiger partial charge in [-0.15, -0.1) is 0 Å². The van der Waals surface area contributed by atoms with Gasteiger partial charge in [0, 0.05) is 12.3 Å². The molecule has 0 spiro atoms. The number of rotatable bonds is 8. The molecule has 0 amide bonds. The molecule has 4 rings (SSSR count). The molecule has 0 saturated carbocycles. The molecule has 1 heterocycles. The molecule has 2 atom stereocenters. The topological polar surface area (TPSA) is 60.4 Å². The average molecular weight is 427 g/mol. The first-order chi connectivity index (χ1) is 15.5. The number of esters is 1. The Balaban J connectivity index is 1.52. The number of cyclic esters (lactones) is 1. The summed E-state index contributed by atoms with van der Waals surface area (Å²) in [7, 11) is 0. The summed E-state index contributed by atoms with van der Waals surface area (Å²) in [5.74, 6) is -3.13. The third-order valence-corrected chi connectivity index (χ3v) is 6.21. The SMILES string of the molecule is CC1(CCc2ccccc2)OC(=O)C(C(=O)CC(c2ccccc2)c2ccccc2)C1=O. The molecule has 32 heavy (non-hydrogen) atoms. The summed E-state index contributed by atoms with van der Waals surface area (Å²) in [6, 6.07) is 29.1. The maximum Gasteiger partial charge on any atom is 0.325 e. The molecular formula is C28H26O4. The zero-order valence-corrected chi connectivity index (χ0v) is 18.1. The van der Waals surface area contributed by atoms with Crippen LogP contribution in [0.4, 0.5) is 0 Å². The van der Waals surface area contributed by atoms with Gasteiger partial charge in [0.15, 0.2) is 23.1 Å². The molecule has 4 nitrogen and oxygen atoms in total. The zero-order chi connectivity index (χ0) is 22.6. The van der Waals surface area contributed by atoms with Crippen LogP contribution in [0, 0.1) is 5.92 Å². The van der Waals surface area contributed by atoms with Crippen LogP contribution in [0.25, 0.3) is 0 Å². The molecule has 0 N–H and O–H groups in total. The van der Waals surface area contributed by atoms with Crippen LogP contribution in [0.5, 0.6) is 0 Å². The van der Waals surface area contributed by atoms with Crippen molar-refractivity contribution in [3.8, 4) is 0 Å². The van der Waals surface area contributed by atoms with Crippen molar-refractivity contribution in [3.05, 3.63) is 108 Å². The van der Waals surface area contributed by atoms with Crippen molar-refractivity contribution in [2.45, 2.75) is 37.7 Å². The summed E-state index contributed by atoms with van der Waals surface area (Å²) in [5.41, 5.74) is 1.72. The van der Waals surface area contributed by atoms with E-state index < -0.39 is 23.3 Å². The van der Waals surface area contributed by atoms with Crippen molar-refractivity contribution >= 4 is 17.5 Å². The summed E-state index contributed by atoms with van der Waals surface area (Å²) in [5, 5.41) is 0. The van der Waals surface area contributed by atoms with Gasteiger partial charge in [-0.2, -0.15) is 0 Å². The standard InChI is InChI=1S/C28H26O4/c1-28(18-17-20-11-5-2-6-12-20)26(30)25(27(31)32-28)24(29)19-23(21-13-7-3-8-14-21)22-15-9-4-10-16-22/h2-16,23,25H,17-19H2,1H3. The minimum atomic E-state index is -1.36. The van der Waals surface area contributed by atoms with E-state index in [1.54, 1.807) is 6.92 Å². The summed E-state index contributed by atoms with van der Waals surface area (Å²) >= 11 is 0. The van der Waals surface area contributed by atoms with Gasteiger partial charge in [-0.25, -0.2) is 0 Å². The number of hydrogen-bond acceptors (Lipinski definition) is 4. The maximum atomic E-state index is 13.3. The van der Waals surface area contributed by atoms with E-state index in [0.29, 0.717) is 12.8 Å². The van der Waals surface area contributed by atoms with Crippen LogP contribution in [0.15, 0.2) is 91.0 Å². The summed E-state index contributed by atoms with van der Waals surface area (Å²) in [4.78, 5) is 39.1. The van der Waals surface area contributed by atoms with Gasteiger partial charge in [-0.05, 0) is 36.5 Å². The van der Waals surface area contributed by atoms with Crippen molar-refractivity contribution in [1.29, 1.82) is 0 Å². The Labute approximate surface area is 188 Å². The monoisotopic (exact) mass is 426 g/mol. The highest BCUT2D eigenvalue weighted by Gasteiger charge is 2.54. The van der Waals surface area contributed by atoms with Crippen molar-refractivity contribution in [2.24, 2.45) is 5.92 Å². The fourth-order valence-electron chi connectivity index (χ4n) is 4.34. The van der Waals surface area contributed by atoms with Crippen LogP contribution in [0.2, 0.25) is 0 Å². The normalized spacial score (nSPS) is 20.4. The van der Waals surface area contributed by atoms with E-state index in [9.17, 15) is 14.4 Å². The summed E-state index contributed by atoms with van der Waals surface area (Å²) < 4.78 is 5.50. The number of aryl methyl sites for hydroxylation is 1. The van der Waals surface area contributed by atoms with Crippen LogP contribution in [0.1, 0.15) is 42.4 Å². The molecule has 1 aliphatic rings. The molecule has 3 aromatic carbocycles. The van der Waals surface area contributed by atoms with Crippen LogP contribution in [0.3, 0.4) is 0 Å². The second-order valence-electron chi connectivity index (χ2n) is 8.48. The fraction of sp³-hybridized carbons (Fsp3) is 0.250. The van der Waals surface area contributed by atoms with Crippen molar-refractivity contribution in [3.63, 3.8) is 0 Å². The van der Waals surface area contributed by atoms with E-state index in [4.69, 9.17) is 4.74 Å². The van der Waals surface area contributed by atoms with Crippen molar-refractivity contribution < 1.29 is 19.1 Å². The van der Waals surface area contributed by atoms with E-state index in [1.807, 2.05) is 91.0 Å². The lowest BCUT2D eigenvalue weighted by Gasteiger charge is -2.21. The van der Waals surface area contributed by atoms with Gasteiger partial charge in [-0.3, -0.25) is 14.4 Å².